The Balaban J connectivity index is 1.71. The Morgan fingerprint density at radius 2 is 1.97 bits per heavy atom. The third-order valence-corrected chi connectivity index (χ3v) is 4.84. The summed E-state index contributed by atoms with van der Waals surface area (Å²) in [5.41, 5.74) is 8.13. The summed E-state index contributed by atoms with van der Waals surface area (Å²) in [4.78, 5) is 4.12. The molecule has 1 aliphatic rings. The highest BCUT2D eigenvalue weighted by molar-refractivity contribution is 5.99. The lowest BCUT2D eigenvalue weighted by atomic mass is 10.0. The number of allylic oxidation sites excluding steroid dienone is 1. The number of methoxy groups -OCH3 is 2. The van der Waals surface area contributed by atoms with Crippen LogP contribution in [0.25, 0.3) is 16.8 Å². The molecule has 0 radical (unpaired) electrons. The van der Waals surface area contributed by atoms with Gasteiger partial charge in [-0.05, 0) is 35.8 Å². The van der Waals surface area contributed by atoms with Gasteiger partial charge in [0.15, 0.2) is 0 Å². The van der Waals surface area contributed by atoms with Crippen LogP contribution in [0.2, 0.25) is 0 Å². The van der Waals surface area contributed by atoms with Crippen LogP contribution in [0, 0.1) is 11.3 Å². The summed E-state index contributed by atoms with van der Waals surface area (Å²) in [5, 5.41) is 12.2. The van der Waals surface area contributed by atoms with Gasteiger partial charge in [0.1, 0.15) is 23.3 Å². The molecule has 2 aromatic rings. The zero-order valence-corrected chi connectivity index (χ0v) is 17.1. The van der Waals surface area contributed by atoms with Crippen LogP contribution in [-0.2, 0) is 0 Å². The predicted octanol–water partition coefficient (Wildman–Crippen LogP) is 3.36. The zero-order valence-electron chi connectivity index (χ0n) is 17.1. The lowest BCUT2D eigenvalue weighted by Crippen LogP contribution is -2.22. The minimum atomic E-state index is 0.564. The standard InChI is InChI=1S/C23H25N5O2/c1-29-20-9-10-21(23(13-20)30-2)16-3-5-17(6-4-16)22(28-25)11-12-26-19-8-7-18(14-24)27-15-19/h3-6,9-11,13,15,26,28H,7-8,12,25H2,1-2H3/b22-11-. The summed E-state index contributed by atoms with van der Waals surface area (Å²) in [7, 11) is 3.28. The van der Waals surface area contributed by atoms with Gasteiger partial charge in [-0.2, -0.15) is 5.26 Å². The van der Waals surface area contributed by atoms with Crippen molar-refractivity contribution >= 4 is 11.4 Å². The number of hydrogen-bond donors (Lipinski definition) is 3. The van der Waals surface area contributed by atoms with Crippen molar-refractivity contribution in [2.45, 2.75) is 12.8 Å². The van der Waals surface area contributed by atoms with Gasteiger partial charge in [0, 0.05) is 36.5 Å². The van der Waals surface area contributed by atoms with Crippen LogP contribution in [0.4, 0.5) is 0 Å². The highest BCUT2D eigenvalue weighted by Gasteiger charge is 2.09. The Labute approximate surface area is 176 Å². The predicted molar refractivity (Wildman–Crippen MR) is 119 cm³/mol. The molecule has 0 bridgehead atoms. The first-order valence-electron chi connectivity index (χ1n) is 9.57. The first-order valence-corrected chi connectivity index (χ1v) is 9.57. The Morgan fingerprint density at radius 3 is 2.57 bits per heavy atom. The summed E-state index contributed by atoms with van der Waals surface area (Å²) in [6, 6.07) is 15.9. The smallest absolute Gasteiger partial charge is 0.130 e. The average molecular weight is 403 g/mol. The topological polar surface area (TPSA) is 105 Å². The van der Waals surface area contributed by atoms with Crippen LogP contribution in [0.3, 0.4) is 0 Å². The molecule has 154 valence electrons. The van der Waals surface area contributed by atoms with Crippen LogP contribution >= 0.6 is 0 Å². The van der Waals surface area contributed by atoms with Gasteiger partial charge in [-0.15, -0.1) is 0 Å². The molecule has 0 spiro atoms. The SMILES string of the molecule is COc1ccc(-c2ccc(/C(=C/CNC3=CN=C(C#N)CC3)NN)cc2)c(OC)c1. The quantitative estimate of drug-likeness (QED) is 0.461. The van der Waals surface area contributed by atoms with Crippen molar-refractivity contribution in [3.63, 3.8) is 0 Å². The molecule has 7 nitrogen and oxygen atoms in total. The molecule has 0 aliphatic carbocycles. The second-order valence-electron chi connectivity index (χ2n) is 6.63. The van der Waals surface area contributed by atoms with E-state index in [4.69, 9.17) is 20.6 Å². The number of nitriles is 1. The molecule has 1 aliphatic heterocycles. The average Bonchev–Trinajstić information content (AvgIpc) is 2.82. The monoisotopic (exact) mass is 403 g/mol. The largest absolute Gasteiger partial charge is 0.497 e. The third kappa shape index (κ3) is 4.99. The summed E-state index contributed by atoms with van der Waals surface area (Å²) in [6.45, 7) is 0.594. The van der Waals surface area contributed by atoms with E-state index in [1.165, 1.54) is 0 Å². The third-order valence-electron chi connectivity index (χ3n) is 4.84. The van der Waals surface area contributed by atoms with Crippen LogP contribution < -0.4 is 26.1 Å². The molecule has 0 amide bonds. The normalized spacial score (nSPS) is 13.6. The molecular weight excluding hydrogens is 378 g/mol. The highest BCUT2D eigenvalue weighted by Crippen LogP contribution is 2.33. The van der Waals surface area contributed by atoms with E-state index in [1.54, 1.807) is 20.4 Å². The van der Waals surface area contributed by atoms with Gasteiger partial charge in [0.25, 0.3) is 0 Å². The maximum Gasteiger partial charge on any atom is 0.130 e. The Morgan fingerprint density at radius 1 is 1.17 bits per heavy atom. The first-order chi connectivity index (χ1) is 14.7. The van der Waals surface area contributed by atoms with E-state index in [1.807, 2.05) is 48.5 Å². The van der Waals surface area contributed by atoms with E-state index >= 15 is 0 Å². The van der Waals surface area contributed by atoms with Gasteiger partial charge in [-0.1, -0.05) is 24.3 Å². The van der Waals surface area contributed by atoms with Crippen molar-refractivity contribution in [3.05, 3.63) is 66.0 Å². The molecule has 0 atom stereocenters. The molecule has 1 heterocycles. The van der Waals surface area contributed by atoms with Crippen LogP contribution in [0.5, 0.6) is 11.5 Å². The zero-order chi connectivity index (χ0) is 21.3. The molecule has 2 aromatic carbocycles. The molecule has 0 saturated carbocycles. The number of rotatable bonds is 8. The number of aliphatic imine (C=N–C) groups is 1. The van der Waals surface area contributed by atoms with E-state index in [9.17, 15) is 0 Å². The van der Waals surface area contributed by atoms with E-state index < -0.39 is 0 Å². The molecule has 0 aromatic heterocycles. The van der Waals surface area contributed by atoms with Crippen molar-refractivity contribution in [3.8, 4) is 28.7 Å². The first kappa shape index (κ1) is 21.0. The number of benzene rings is 2. The maximum absolute atomic E-state index is 8.85. The van der Waals surface area contributed by atoms with Crippen molar-refractivity contribution in [2.24, 2.45) is 10.8 Å². The number of nitrogens with zero attached hydrogens (tertiary/aromatic N) is 2. The lowest BCUT2D eigenvalue weighted by molar-refractivity contribution is 0.395. The number of ether oxygens (including phenoxy) is 2. The summed E-state index contributed by atoms with van der Waals surface area (Å²) in [5.74, 6) is 7.24. The fraction of sp³-hybridized carbons (Fsp3) is 0.217. The van der Waals surface area contributed by atoms with Crippen LogP contribution in [0.1, 0.15) is 18.4 Å². The molecule has 4 N–H and O–H groups in total. The van der Waals surface area contributed by atoms with Crippen molar-refractivity contribution in [1.82, 2.24) is 10.7 Å². The summed E-state index contributed by atoms with van der Waals surface area (Å²) in [6.07, 6.45) is 5.14. The van der Waals surface area contributed by atoms with Gasteiger partial charge in [0.05, 0.1) is 19.9 Å². The number of hydrogen-bond acceptors (Lipinski definition) is 7. The van der Waals surface area contributed by atoms with Crippen LogP contribution in [-0.4, -0.2) is 26.5 Å². The second-order valence-corrected chi connectivity index (χ2v) is 6.63. The van der Waals surface area contributed by atoms with E-state index in [0.717, 1.165) is 46.0 Å². The minimum absolute atomic E-state index is 0.564. The molecule has 30 heavy (non-hydrogen) atoms. The van der Waals surface area contributed by atoms with E-state index in [2.05, 4.69) is 21.8 Å². The maximum atomic E-state index is 8.85. The number of nitrogens with one attached hydrogen (secondary N) is 2. The number of nitrogens with two attached hydrogens (primary N) is 1. The molecule has 0 fully saturated rings. The molecule has 3 rings (SSSR count). The molecule has 0 unspecified atom stereocenters. The Hall–Kier alpha value is -3.76. The lowest BCUT2D eigenvalue weighted by Gasteiger charge is -2.13. The van der Waals surface area contributed by atoms with Crippen molar-refractivity contribution < 1.29 is 9.47 Å². The highest BCUT2D eigenvalue weighted by atomic mass is 16.5. The van der Waals surface area contributed by atoms with E-state index in [-0.39, 0.29) is 0 Å². The van der Waals surface area contributed by atoms with Crippen molar-refractivity contribution in [2.75, 3.05) is 20.8 Å². The Kier molecular flexibility index (Phi) is 7.09. The van der Waals surface area contributed by atoms with Gasteiger partial charge in [0.2, 0.25) is 0 Å². The number of hydrazine groups is 1. The van der Waals surface area contributed by atoms with Crippen LogP contribution in [0.15, 0.2) is 65.4 Å². The summed E-state index contributed by atoms with van der Waals surface area (Å²) >= 11 is 0. The van der Waals surface area contributed by atoms with Crippen molar-refractivity contribution in [1.29, 1.82) is 5.26 Å². The molecule has 7 heteroatoms. The summed E-state index contributed by atoms with van der Waals surface area (Å²) < 4.78 is 10.8. The van der Waals surface area contributed by atoms with Gasteiger partial charge >= 0.3 is 0 Å². The second kappa shape index (κ2) is 10.1. The molecule has 0 saturated heterocycles. The fourth-order valence-corrected chi connectivity index (χ4v) is 3.17. The minimum Gasteiger partial charge on any atom is -0.497 e. The van der Waals surface area contributed by atoms with Gasteiger partial charge in [-0.3, -0.25) is 5.84 Å². The Bertz CT molecular complexity index is 1020. The fourth-order valence-electron chi connectivity index (χ4n) is 3.17. The van der Waals surface area contributed by atoms with E-state index in [0.29, 0.717) is 18.7 Å². The van der Waals surface area contributed by atoms with Gasteiger partial charge < -0.3 is 20.2 Å². The molecular formula is C23H25N5O2. The van der Waals surface area contributed by atoms with Gasteiger partial charge in [-0.25, -0.2) is 4.99 Å².